The van der Waals surface area contributed by atoms with Gasteiger partial charge < -0.3 is 4.74 Å². The van der Waals surface area contributed by atoms with Crippen LogP contribution in [-0.2, 0) is 0 Å². The molecule has 0 amide bonds. The Labute approximate surface area is 99.7 Å². The molecule has 0 aliphatic carbocycles. The standard InChI is InChI=1S/C14H12OS/c1-3-12-9-16-10-14(12)15-11(2)13-7-5-4-6-8-13/h1,4-11H,2H3. The molecule has 1 aromatic carbocycles. The van der Waals surface area contributed by atoms with Crippen molar-refractivity contribution < 1.29 is 4.74 Å². The van der Waals surface area contributed by atoms with Crippen LogP contribution >= 0.6 is 11.3 Å². The van der Waals surface area contributed by atoms with Crippen molar-refractivity contribution in [3.63, 3.8) is 0 Å². The molecular formula is C14H12OS. The van der Waals surface area contributed by atoms with E-state index in [-0.39, 0.29) is 6.10 Å². The Morgan fingerprint density at radius 2 is 2.00 bits per heavy atom. The van der Waals surface area contributed by atoms with E-state index in [0.29, 0.717) is 0 Å². The third-order valence-corrected chi connectivity index (χ3v) is 3.08. The Hall–Kier alpha value is -1.72. The largest absolute Gasteiger partial charge is 0.484 e. The van der Waals surface area contributed by atoms with Crippen LogP contribution in [0.1, 0.15) is 24.2 Å². The first-order valence-electron chi connectivity index (χ1n) is 5.05. The molecule has 0 N–H and O–H groups in total. The van der Waals surface area contributed by atoms with Gasteiger partial charge in [-0.15, -0.1) is 17.8 Å². The molecule has 1 aromatic heterocycles. The second-order valence-corrected chi connectivity index (χ2v) is 4.21. The van der Waals surface area contributed by atoms with Gasteiger partial charge in [-0.2, -0.15) is 0 Å². The molecule has 0 radical (unpaired) electrons. The molecule has 16 heavy (non-hydrogen) atoms. The highest BCUT2D eigenvalue weighted by atomic mass is 32.1. The summed E-state index contributed by atoms with van der Waals surface area (Å²) in [4.78, 5) is 0. The molecule has 2 aromatic rings. The van der Waals surface area contributed by atoms with Gasteiger partial charge in [-0.3, -0.25) is 0 Å². The molecule has 1 heterocycles. The molecule has 0 aliphatic heterocycles. The van der Waals surface area contributed by atoms with Crippen LogP contribution in [-0.4, -0.2) is 0 Å². The van der Waals surface area contributed by atoms with Crippen LogP contribution in [0.5, 0.6) is 5.75 Å². The fourth-order valence-corrected chi connectivity index (χ4v) is 2.16. The fraction of sp³-hybridized carbons (Fsp3) is 0.143. The molecule has 1 unspecified atom stereocenters. The first-order chi connectivity index (χ1) is 7.81. The van der Waals surface area contributed by atoms with Gasteiger partial charge in [0, 0.05) is 10.8 Å². The summed E-state index contributed by atoms with van der Waals surface area (Å²) >= 11 is 1.56. The number of benzene rings is 1. The highest BCUT2D eigenvalue weighted by Crippen LogP contribution is 2.27. The minimum Gasteiger partial charge on any atom is -0.484 e. The van der Waals surface area contributed by atoms with Gasteiger partial charge in [0.2, 0.25) is 0 Å². The monoisotopic (exact) mass is 228 g/mol. The second kappa shape index (κ2) is 4.87. The predicted octanol–water partition coefficient (Wildman–Crippen LogP) is 3.87. The third-order valence-electron chi connectivity index (χ3n) is 2.35. The summed E-state index contributed by atoms with van der Waals surface area (Å²) in [5.74, 6) is 3.41. The van der Waals surface area contributed by atoms with Crippen molar-refractivity contribution in [1.29, 1.82) is 0 Å². The highest BCUT2D eigenvalue weighted by Gasteiger charge is 2.09. The predicted molar refractivity (Wildman–Crippen MR) is 67.7 cm³/mol. The maximum Gasteiger partial charge on any atom is 0.146 e. The average Bonchev–Trinajstić information content (AvgIpc) is 2.77. The molecule has 0 fully saturated rings. The van der Waals surface area contributed by atoms with Gasteiger partial charge in [-0.25, -0.2) is 0 Å². The maximum absolute atomic E-state index is 5.83. The molecular weight excluding hydrogens is 216 g/mol. The highest BCUT2D eigenvalue weighted by molar-refractivity contribution is 7.08. The van der Waals surface area contributed by atoms with Gasteiger partial charge in [-0.1, -0.05) is 36.3 Å². The topological polar surface area (TPSA) is 9.23 Å². The second-order valence-electron chi connectivity index (χ2n) is 3.46. The number of hydrogen-bond donors (Lipinski definition) is 0. The van der Waals surface area contributed by atoms with Crippen molar-refractivity contribution in [1.82, 2.24) is 0 Å². The number of hydrogen-bond acceptors (Lipinski definition) is 2. The molecule has 0 aliphatic rings. The summed E-state index contributed by atoms with van der Waals surface area (Å²) in [6.45, 7) is 2.02. The molecule has 0 saturated heterocycles. The lowest BCUT2D eigenvalue weighted by molar-refractivity contribution is 0.227. The Kier molecular flexibility index (Phi) is 3.28. The Bertz CT molecular complexity index is 493. The minimum absolute atomic E-state index is 0.0166. The Balaban J connectivity index is 2.15. The number of rotatable bonds is 3. The number of terminal acetylenes is 1. The van der Waals surface area contributed by atoms with Crippen LogP contribution in [0, 0.1) is 12.3 Å². The summed E-state index contributed by atoms with van der Waals surface area (Å²) in [5, 5.41) is 3.86. The Morgan fingerprint density at radius 3 is 2.69 bits per heavy atom. The van der Waals surface area contributed by atoms with Gasteiger partial charge >= 0.3 is 0 Å². The van der Waals surface area contributed by atoms with Crippen LogP contribution < -0.4 is 4.74 Å². The summed E-state index contributed by atoms with van der Waals surface area (Å²) in [6, 6.07) is 10.1. The van der Waals surface area contributed by atoms with E-state index in [1.165, 1.54) is 0 Å². The molecule has 80 valence electrons. The van der Waals surface area contributed by atoms with E-state index in [9.17, 15) is 0 Å². The van der Waals surface area contributed by atoms with Crippen molar-refractivity contribution >= 4 is 11.3 Å². The van der Waals surface area contributed by atoms with Crippen molar-refractivity contribution in [2.45, 2.75) is 13.0 Å². The lowest BCUT2D eigenvalue weighted by atomic mass is 10.1. The molecule has 2 heteroatoms. The van der Waals surface area contributed by atoms with Crippen LogP contribution in [0.25, 0.3) is 0 Å². The van der Waals surface area contributed by atoms with Crippen molar-refractivity contribution in [2.24, 2.45) is 0 Å². The van der Waals surface area contributed by atoms with Gasteiger partial charge in [0.25, 0.3) is 0 Å². The van der Waals surface area contributed by atoms with E-state index in [4.69, 9.17) is 11.2 Å². The quantitative estimate of drug-likeness (QED) is 0.725. The van der Waals surface area contributed by atoms with Crippen LogP contribution in [0.2, 0.25) is 0 Å². The summed E-state index contributed by atoms with van der Waals surface area (Å²) in [5.41, 5.74) is 1.98. The van der Waals surface area contributed by atoms with Crippen LogP contribution in [0.4, 0.5) is 0 Å². The zero-order valence-electron chi connectivity index (χ0n) is 9.01. The molecule has 1 atom stereocenters. The first kappa shape index (κ1) is 10.8. The van der Waals surface area contributed by atoms with Crippen molar-refractivity contribution in [3.8, 4) is 18.1 Å². The van der Waals surface area contributed by atoms with E-state index < -0.39 is 0 Å². The van der Waals surface area contributed by atoms with Gasteiger partial charge in [-0.05, 0) is 12.5 Å². The zero-order chi connectivity index (χ0) is 11.4. The maximum atomic E-state index is 5.83. The minimum atomic E-state index is 0.0166. The van der Waals surface area contributed by atoms with Crippen molar-refractivity contribution in [2.75, 3.05) is 0 Å². The van der Waals surface area contributed by atoms with E-state index in [1.807, 2.05) is 48.0 Å². The average molecular weight is 228 g/mol. The van der Waals surface area contributed by atoms with E-state index in [0.717, 1.165) is 16.9 Å². The van der Waals surface area contributed by atoms with Crippen LogP contribution in [0.3, 0.4) is 0 Å². The van der Waals surface area contributed by atoms with E-state index >= 15 is 0 Å². The normalized spacial score (nSPS) is 11.8. The van der Waals surface area contributed by atoms with Crippen molar-refractivity contribution in [3.05, 3.63) is 52.2 Å². The summed E-state index contributed by atoms with van der Waals surface area (Å²) in [6.07, 6.45) is 5.40. The Morgan fingerprint density at radius 1 is 1.25 bits per heavy atom. The SMILES string of the molecule is C#Cc1cscc1OC(C)c1ccccc1. The van der Waals surface area contributed by atoms with Gasteiger partial charge in [0.1, 0.15) is 11.9 Å². The third kappa shape index (κ3) is 2.26. The van der Waals surface area contributed by atoms with Gasteiger partial charge in [0.05, 0.1) is 5.56 Å². The summed E-state index contributed by atoms with van der Waals surface area (Å²) in [7, 11) is 0. The number of ether oxygens (including phenoxy) is 1. The molecule has 1 nitrogen and oxygen atoms in total. The lowest BCUT2D eigenvalue weighted by Crippen LogP contribution is -2.02. The van der Waals surface area contributed by atoms with E-state index in [2.05, 4.69) is 5.92 Å². The molecule has 0 saturated carbocycles. The summed E-state index contributed by atoms with van der Waals surface area (Å²) < 4.78 is 5.83. The lowest BCUT2D eigenvalue weighted by Gasteiger charge is -2.14. The zero-order valence-corrected chi connectivity index (χ0v) is 9.83. The first-order valence-corrected chi connectivity index (χ1v) is 6.00. The van der Waals surface area contributed by atoms with Gasteiger partial charge in [0.15, 0.2) is 0 Å². The smallest absolute Gasteiger partial charge is 0.146 e. The molecule has 2 rings (SSSR count). The van der Waals surface area contributed by atoms with Crippen LogP contribution in [0.15, 0.2) is 41.1 Å². The number of thiophene rings is 1. The molecule has 0 bridgehead atoms. The molecule has 0 spiro atoms. The van der Waals surface area contributed by atoms with E-state index in [1.54, 1.807) is 11.3 Å². The fourth-order valence-electron chi connectivity index (χ4n) is 1.46.